The smallest absolute Gasteiger partial charge is 0.241 e. The SMILES string of the molecule is N#CCN1CCCC[C@@H]1C(=O)Nc1cc(F)cc(F)c1. The Labute approximate surface area is 116 Å². The molecule has 0 aromatic heterocycles. The molecule has 1 fully saturated rings. The third-order valence-corrected chi connectivity index (χ3v) is 3.32. The summed E-state index contributed by atoms with van der Waals surface area (Å²) in [4.78, 5) is 14.0. The molecule has 1 aliphatic heterocycles. The molecule has 0 unspecified atom stereocenters. The monoisotopic (exact) mass is 279 g/mol. The van der Waals surface area contributed by atoms with Gasteiger partial charge in [-0.05, 0) is 31.5 Å². The van der Waals surface area contributed by atoms with Crippen LogP contribution in [0.5, 0.6) is 0 Å². The largest absolute Gasteiger partial charge is 0.325 e. The van der Waals surface area contributed by atoms with Gasteiger partial charge < -0.3 is 5.32 Å². The topological polar surface area (TPSA) is 56.1 Å². The lowest BCUT2D eigenvalue weighted by Gasteiger charge is -2.32. The molecule has 1 aromatic carbocycles. The van der Waals surface area contributed by atoms with Crippen molar-refractivity contribution in [2.75, 3.05) is 18.4 Å². The highest BCUT2D eigenvalue weighted by Crippen LogP contribution is 2.19. The molecule has 1 N–H and O–H groups in total. The summed E-state index contributed by atoms with van der Waals surface area (Å²) in [5.41, 5.74) is 0.0926. The molecule has 4 nitrogen and oxygen atoms in total. The zero-order valence-corrected chi connectivity index (χ0v) is 10.9. The van der Waals surface area contributed by atoms with Gasteiger partial charge >= 0.3 is 0 Å². The lowest BCUT2D eigenvalue weighted by Crippen LogP contribution is -2.47. The number of benzene rings is 1. The van der Waals surface area contributed by atoms with Crippen LogP contribution in [-0.2, 0) is 4.79 Å². The molecule has 106 valence electrons. The van der Waals surface area contributed by atoms with Crippen molar-refractivity contribution in [1.29, 1.82) is 5.26 Å². The van der Waals surface area contributed by atoms with E-state index in [9.17, 15) is 13.6 Å². The molecule has 1 atom stereocenters. The first-order valence-corrected chi connectivity index (χ1v) is 6.48. The molecule has 0 spiro atoms. The normalized spacial score (nSPS) is 19.4. The van der Waals surface area contributed by atoms with E-state index in [4.69, 9.17) is 5.26 Å². The van der Waals surface area contributed by atoms with Crippen LogP contribution in [0.1, 0.15) is 19.3 Å². The van der Waals surface area contributed by atoms with Crippen molar-refractivity contribution in [2.24, 2.45) is 0 Å². The number of nitriles is 1. The van der Waals surface area contributed by atoms with Crippen molar-refractivity contribution >= 4 is 11.6 Å². The third-order valence-electron chi connectivity index (χ3n) is 3.32. The van der Waals surface area contributed by atoms with Crippen molar-refractivity contribution < 1.29 is 13.6 Å². The Morgan fingerprint density at radius 1 is 1.35 bits per heavy atom. The summed E-state index contributed by atoms with van der Waals surface area (Å²) in [5, 5.41) is 11.3. The number of carbonyl (C=O) groups is 1. The van der Waals surface area contributed by atoms with Gasteiger partial charge in [0.05, 0.1) is 18.7 Å². The zero-order chi connectivity index (χ0) is 14.5. The summed E-state index contributed by atoms with van der Waals surface area (Å²) in [6.45, 7) is 0.860. The van der Waals surface area contributed by atoms with Gasteiger partial charge in [0.15, 0.2) is 0 Å². The van der Waals surface area contributed by atoms with Gasteiger partial charge in [0.1, 0.15) is 11.6 Å². The number of hydrogen-bond donors (Lipinski definition) is 1. The van der Waals surface area contributed by atoms with Crippen LogP contribution in [0.15, 0.2) is 18.2 Å². The van der Waals surface area contributed by atoms with Crippen LogP contribution in [0.25, 0.3) is 0 Å². The van der Waals surface area contributed by atoms with E-state index in [1.807, 2.05) is 6.07 Å². The Kier molecular flexibility index (Phi) is 4.64. The maximum absolute atomic E-state index is 13.1. The van der Waals surface area contributed by atoms with Crippen LogP contribution in [0.2, 0.25) is 0 Å². The van der Waals surface area contributed by atoms with Crippen LogP contribution in [0.3, 0.4) is 0 Å². The number of rotatable bonds is 3. The molecule has 1 aliphatic rings. The minimum absolute atomic E-state index is 0.0926. The number of carbonyl (C=O) groups excluding carboxylic acids is 1. The molecule has 0 bridgehead atoms. The molecule has 2 rings (SSSR count). The second kappa shape index (κ2) is 6.44. The average Bonchev–Trinajstić information content (AvgIpc) is 2.38. The molecule has 1 aromatic rings. The standard InChI is InChI=1S/C14H15F2N3O/c15-10-7-11(16)9-12(8-10)18-14(20)13-3-1-2-5-19(13)6-4-17/h7-9,13H,1-3,5-6H2,(H,18,20)/t13-/m1/s1. The molecule has 1 heterocycles. The minimum Gasteiger partial charge on any atom is -0.325 e. The van der Waals surface area contributed by atoms with Crippen LogP contribution in [-0.4, -0.2) is 29.9 Å². The number of nitrogens with one attached hydrogen (secondary N) is 1. The fourth-order valence-corrected chi connectivity index (χ4v) is 2.42. The van der Waals surface area contributed by atoms with E-state index in [0.29, 0.717) is 13.0 Å². The van der Waals surface area contributed by atoms with E-state index < -0.39 is 17.7 Å². The van der Waals surface area contributed by atoms with Gasteiger partial charge in [0.25, 0.3) is 0 Å². The Hall–Kier alpha value is -2.00. The number of hydrogen-bond acceptors (Lipinski definition) is 3. The molecule has 1 amide bonds. The highest BCUT2D eigenvalue weighted by Gasteiger charge is 2.28. The van der Waals surface area contributed by atoms with E-state index in [-0.39, 0.29) is 18.1 Å². The van der Waals surface area contributed by atoms with Crippen molar-refractivity contribution in [3.63, 3.8) is 0 Å². The Balaban J connectivity index is 2.08. The molecular formula is C14H15F2N3O. The average molecular weight is 279 g/mol. The van der Waals surface area contributed by atoms with Crippen LogP contribution < -0.4 is 5.32 Å². The molecule has 0 radical (unpaired) electrons. The number of halogens is 2. The lowest BCUT2D eigenvalue weighted by atomic mass is 10.0. The van der Waals surface area contributed by atoms with Crippen molar-refractivity contribution in [1.82, 2.24) is 4.90 Å². The quantitative estimate of drug-likeness (QED) is 0.864. The lowest BCUT2D eigenvalue weighted by molar-refractivity contribution is -0.122. The number of piperidine rings is 1. The fourth-order valence-electron chi connectivity index (χ4n) is 2.42. The van der Waals surface area contributed by atoms with Gasteiger partial charge in [-0.1, -0.05) is 6.42 Å². The summed E-state index contributed by atoms with van der Waals surface area (Å²) >= 11 is 0. The van der Waals surface area contributed by atoms with E-state index in [2.05, 4.69) is 5.32 Å². The van der Waals surface area contributed by atoms with Gasteiger partial charge in [-0.3, -0.25) is 9.69 Å². The summed E-state index contributed by atoms with van der Waals surface area (Å²) in [6.07, 6.45) is 2.49. The molecule has 6 heteroatoms. The van der Waals surface area contributed by atoms with Gasteiger partial charge in [0.2, 0.25) is 5.91 Å². The van der Waals surface area contributed by atoms with Crippen LogP contribution >= 0.6 is 0 Å². The van der Waals surface area contributed by atoms with E-state index in [1.165, 1.54) is 0 Å². The predicted octanol–water partition coefficient (Wildman–Crippen LogP) is 2.28. The number of anilines is 1. The second-order valence-electron chi connectivity index (χ2n) is 4.79. The third kappa shape index (κ3) is 3.52. The fraction of sp³-hybridized carbons (Fsp3) is 0.429. The summed E-state index contributed by atoms with van der Waals surface area (Å²) in [7, 11) is 0. The summed E-state index contributed by atoms with van der Waals surface area (Å²) in [6, 6.07) is 4.49. The van der Waals surface area contributed by atoms with Crippen LogP contribution in [0.4, 0.5) is 14.5 Å². The van der Waals surface area contributed by atoms with Gasteiger partial charge in [-0.15, -0.1) is 0 Å². The van der Waals surface area contributed by atoms with Crippen LogP contribution in [0, 0.1) is 23.0 Å². The summed E-state index contributed by atoms with van der Waals surface area (Å²) < 4.78 is 26.1. The molecular weight excluding hydrogens is 264 g/mol. The first kappa shape index (κ1) is 14.4. The molecule has 20 heavy (non-hydrogen) atoms. The highest BCUT2D eigenvalue weighted by molar-refractivity contribution is 5.94. The maximum atomic E-state index is 13.1. The zero-order valence-electron chi connectivity index (χ0n) is 10.9. The van der Waals surface area contributed by atoms with Crippen molar-refractivity contribution in [2.45, 2.75) is 25.3 Å². The number of nitrogens with zero attached hydrogens (tertiary/aromatic N) is 2. The maximum Gasteiger partial charge on any atom is 0.241 e. The first-order chi connectivity index (χ1) is 9.60. The Morgan fingerprint density at radius 2 is 2.05 bits per heavy atom. The van der Waals surface area contributed by atoms with Crippen molar-refractivity contribution in [3.05, 3.63) is 29.8 Å². The van der Waals surface area contributed by atoms with Gasteiger partial charge in [0, 0.05) is 11.8 Å². The van der Waals surface area contributed by atoms with Crippen molar-refractivity contribution in [3.8, 4) is 6.07 Å². The molecule has 1 saturated heterocycles. The Bertz CT molecular complexity index is 521. The Morgan fingerprint density at radius 3 is 2.70 bits per heavy atom. The highest BCUT2D eigenvalue weighted by atomic mass is 19.1. The minimum atomic E-state index is -0.738. The van der Waals surface area contributed by atoms with Gasteiger partial charge in [-0.2, -0.15) is 5.26 Å². The predicted molar refractivity (Wildman–Crippen MR) is 69.8 cm³/mol. The number of amides is 1. The number of likely N-dealkylation sites (tertiary alicyclic amines) is 1. The van der Waals surface area contributed by atoms with E-state index in [1.54, 1.807) is 4.90 Å². The molecule has 0 aliphatic carbocycles. The van der Waals surface area contributed by atoms with Gasteiger partial charge in [-0.25, -0.2) is 8.78 Å². The van der Waals surface area contributed by atoms with E-state index in [0.717, 1.165) is 31.0 Å². The second-order valence-corrected chi connectivity index (χ2v) is 4.79. The summed E-state index contributed by atoms with van der Waals surface area (Å²) in [5.74, 6) is -1.80. The van der Waals surface area contributed by atoms with E-state index >= 15 is 0 Å². The molecule has 0 saturated carbocycles. The first-order valence-electron chi connectivity index (χ1n) is 6.48.